The molecule has 2 aromatic rings. The Kier molecular flexibility index (Phi) is 2.99. The molecule has 0 fully saturated rings. The van der Waals surface area contributed by atoms with Crippen molar-refractivity contribution in [2.45, 2.75) is 26.8 Å². The largest absolute Gasteiger partial charge is 0.306 e. The normalized spacial score (nSPS) is 10.8. The quantitative estimate of drug-likeness (QED) is 0.796. The molecule has 5 nitrogen and oxygen atoms in total. The number of hydrazine groups is 1. The maximum Gasteiger partial charge on any atom is 0.235 e. The molecule has 0 aliphatic carbocycles. The van der Waals surface area contributed by atoms with E-state index in [1.54, 1.807) is 0 Å². The van der Waals surface area contributed by atoms with Crippen molar-refractivity contribution in [2.24, 2.45) is 0 Å². The predicted molar refractivity (Wildman–Crippen MR) is 67.6 cm³/mol. The third kappa shape index (κ3) is 2.22. The predicted octanol–water partition coefficient (Wildman–Crippen LogP) is 2.08. The Morgan fingerprint density at radius 2 is 2.06 bits per heavy atom. The maximum absolute atomic E-state index is 10.9. The third-order valence-corrected chi connectivity index (χ3v) is 2.46. The summed E-state index contributed by atoms with van der Waals surface area (Å²) in [5.41, 5.74) is 7.34. The topological polar surface area (TPSA) is 59.0 Å². The van der Waals surface area contributed by atoms with Gasteiger partial charge in [-0.3, -0.25) is 15.6 Å². The number of imidazole rings is 1. The number of benzene rings is 1. The van der Waals surface area contributed by atoms with Gasteiger partial charge in [-0.2, -0.15) is 0 Å². The van der Waals surface area contributed by atoms with Gasteiger partial charge in [-0.1, -0.05) is 12.1 Å². The summed E-state index contributed by atoms with van der Waals surface area (Å²) in [6.45, 7) is 5.61. The molecule has 90 valence electrons. The van der Waals surface area contributed by atoms with Gasteiger partial charge in [-0.25, -0.2) is 4.98 Å². The van der Waals surface area contributed by atoms with Crippen molar-refractivity contribution >= 4 is 22.9 Å². The van der Waals surface area contributed by atoms with Crippen LogP contribution in [0.4, 0.5) is 5.95 Å². The van der Waals surface area contributed by atoms with Crippen LogP contribution in [0.15, 0.2) is 24.3 Å². The molecule has 1 heterocycles. The summed E-state index contributed by atoms with van der Waals surface area (Å²) in [4.78, 5) is 15.3. The van der Waals surface area contributed by atoms with E-state index in [4.69, 9.17) is 0 Å². The van der Waals surface area contributed by atoms with E-state index >= 15 is 0 Å². The van der Waals surface area contributed by atoms with Crippen molar-refractivity contribution in [2.75, 3.05) is 5.43 Å². The molecule has 2 N–H and O–H groups in total. The monoisotopic (exact) mass is 232 g/mol. The number of aromatic nitrogens is 2. The van der Waals surface area contributed by atoms with Gasteiger partial charge in [-0.05, 0) is 26.0 Å². The molecular weight excluding hydrogens is 216 g/mol. The van der Waals surface area contributed by atoms with Gasteiger partial charge >= 0.3 is 0 Å². The molecule has 0 aliphatic rings. The highest BCUT2D eigenvalue weighted by Gasteiger charge is 2.12. The lowest BCUT2D eigenvalue weighted by Gasteiger charge is -2.13. The molecule has 17 heavy (non-hydrogen) atoms. The van der Waals surface area contributed by atoms with Crippen molar-refractivity contribution in [1.82, 2.24) is 15.0 Å². The molecule has 1 aromatic carbocycles. The molecule has 0 atom stereocenters. The van der Waals surface area contributed by atoms with Gasteiger partial charge in [0.05, 0.1) is 11.0 Å². The lowest BCUT2D eigenvalue weighted by molar-refractivity contribution is -0.118. The second kappa shape index (κ2) is 4.45. The Labute approximate surface area is 99.8 Å². The van der Waals surface area contributed by atoms with Crippen molar-refractivity contribution in [3.63, 3.8) is 0 Å². The van der Waals surface area contributed by atoms with Crippen LogP contribution in [-0.4, -0.2) is 15.5 Å². The van der Waals surface area contributed by atoms with Crippen LogP contribution < -0.4 is 10.9 Å². The second-order valence-corrected chi connectivity index (χ2v) is 4.19. The summed E-state index contributed by atoms with van der Waals surface area (Å²) in [5.74, 6) is 0.503. The Morgan fingerprint density at radius 1 is 1.35 bits per heavy atom. The van der Waals surface area contributed by atoms with E-state index in [0.29, 0.717) is 5.95 Å². The first-order valence-electron chi connectivity index (χ1n) is 5.59. The zero-order valence-corrected chi connectivity index (χ0v) is 10.2. The molecule has 0 bridgehead atoms. The Hall–Kier alpha value is -2.04. The first kappa shape index (κ1) is 11.4. The van der Waals surface area contributed by atoms with Gasteiger partial charge in [0.25, 0.3) is 0 Å². The van der Waals surface area contributed by atoms with Crippen LogP contribution in [0.25, 0.3) is 11.0 Å². The smallest absolute Gasteiger partial charge is 0.235 e. The van der Waals surface area contributed by atoms with E-state index in [9.17, 15) is 4.79 Å². The number of amides is 1. The van der Waals surface area contributed by atoms with Crippen molar-refractivity contribution in [1.29, 1.82) is 0 Å². The molecule has 5 heteroatoms. The molecule has 0 saturated heterocycles. The summed E-state index contributed by atoms with van der Waals surface area (Å²) in [7, 11) is 0. The fourth-order valence-electron chi connectivity index (χ4n) is 1.80. The highest BCUT2D eigenvalue weighted by Crippen LogP contribution is 2.23. The Bertz CT molecular complexity index is 544. The van der Waals surface area contributed by atoms with E-state index in [-0.39, 0.29) is 11.9 Å². The molecule has 0 saturated carbocycles. The zero-order chi connectivity index (χ0) is 12.4. The van der Waals surface area contributed by atoms with Crippen molar-refractivity contribution in [3.8, 4) is 0 Å². The fraction of sp³-hybridized carbons (Fsp3) is 0.333. The molecule has 0 unspecified atom stereocenters. The molecule has 1 aromatic heterocycles. The summed E-state index contributed by atoms with van der Waals surface area (Å²) in [6.07, 6.45) is 0. The van der Waals surface area contributed by atoms with Crippen LogP contribution in [0.3, 0.4) is 0 Å². The van der Waals surface area contributed by atoms with E-state index in [2.05, 4.69) is 29.7 Å². The zero-order valence-electron chi connectivity index (χ0n) is 10.2. The standard InChI is InChI=1S/C12H16N4O/c1-8(2)16-11-7-5-4-6-10(11)13-12(16)15-14-9(3)17/h4-8H,1-3H3,(H,13,15)(H,14,17). The molecule has 1 amide bonds. The minimum absolute atomic E-state index is 0.146. The Morgan fingerprint density at radius 3 is 2.71 bits per heavy atom. The summed E-state index contributed by atoms with van der Waals surface area (Å²) in [5, 5.41) is 0. The highest BCUT2D eigenvalue weighted by molar-refractivity contribution is 5.80. The lowest BCUT2D eigenvalue weighted by atomic mass is 10.3. The van der Waals surface area contributed by atoms with Crippen LogP contribution in [0.5, 0.6) is 0 Å². The molecule has 0 aliphatic heterocycles. The van der Waals surface area contributed by atoms with Gasteiger partial charge in [0.2, 0.25) is 11.9 Å². The van der Waals surface area contributed by atoms with E-state index in [1.165, 1.54) is 6.92 Å². The highest BCUT2D eigenvalue weighted by atomic mass is 16.2. The van der Waals surface area contributed by atoms with Crippen molar-refractivity contribution < 1.29 is 4.79 Å². The summed E-state index contributed by atoms with van der Waals surface area (Å²) < 4.78 is 2.05. The summed E-state index contributed by atoms with van der Waals surface area (Å²) >= 11 is 0. The SMILES string of the molecule is CC(=O)NNc1nc2ccccc2n1C(C)C. The van der Waals surface area contributed by atoms with Gasteiger partial charge in [0.15, 0.2) is 0 Å². The first-order valence-corrected chi connectivity index (χ1v) is 5.59. The van der Waals surface area contributed by atoms with E-state index in [1.807, 2.05) is 28.8 Å². The number of carbonyl (C=O) groups is 1. The van der Waals surface area contributed by atoms with Crippen LogP contribution in [0, 0.1) is 0 Å². The average molecular weight is 232 g/mol. The second-order valence-electron chi connectivity index (χ2n) is 4.19. The molecule has 2 rings (SSSR count). The minimum Gasteiger partial charge on any atom is -0.306 e. The third-order valence-electron chi connectivity index (χ3n) is 2.46. The number of carbonyl (C=O) groups excluding carboxylic acids is 1. The lowest BCUT2D eigenvalue weighted by Crippen LogP contribution is -2.28. The van der Waals surface area contributed by atoms with Gasteiger partial charge in [0, 0.05) is 13.0 Å². The number of rotatable bonds is 3. The number of hydrogen-bond donors (Lipinski definition) is 2. The van der Waals surface area contributed by atoms with Crippen LogP contribution in [-0.2, 0) is 4.79 Å². The number of hydrogen-bond acceptors (Lipinski definition) is 3. The van der Waals surface area contributed by atoms with Crippen LogP contribution >= 0.6 is 0 Å². The fourth-order valence-corrected chi connectivity index (χ4v) is 1.80. The molecule has 0 radical (unpaired) electrons. The summed E-state index contributed by atoms with van der Waals surface area (Å²) in [6, 6.07) is 8.15. The van der Waals surface area contributed by atoms with Gasteiger partial charge < -0.3 is 4.57 Å². The number of para-hydroxylation sites is 2. The Balaban J connectivity index is 2.46. The van der Waals surface area contributed by atoms with E-state index in [0.717, 1.165) is 11.0 Å². The van der Waals surface area contributed by atoms with Crippen LogP contribution in [0.1, 0.15) is 26.8 Å². The minimum atomic E-state index is -0.146. The number of nitrogens with one attached hydrogen (secondary N) is 2. The van der Waals surface area contributed by atoms with Gasteiger partial charge in [-0.15, -0.1) is 0 Å². The van der Waals surface area contributed by atoms with Crippen LogP contribution in [0.2, 0.25) is 0 Å². The number of nitrogens with zero attached hydrogens (tertiary/aromatic N) is 2. The number of anilines is 1. The molecular formula is C12H16N4O. The van der Waals surface area contributed by atoms with E-state index < -0.39 is 0 Å². The first-order chi connectivity index (χ1) is 8.09. The number of fused-ring (bicyclic) bond motifs is 1. The maximum atomic E-state index is 10.9. The average Bonchev–Trinajstić information content (AvgIpc) is 2.64. The van der Waals surface area contributed by atoms with Gasteiger partial charge in [0.1, 0.15) is 0 Å². The van der Waals surface area contributed by atoms with Crippen molar-refractivity contribution in [3.05, 3.63) is 24.3 Å². The molecule has 0 spiro atoms.